The van der Waals surface area contributed by atoms with E-state index in [1.54, 1.807) is 0 Å². The van der Waals surface area contributed by atoms with Crippen LogP contribution in [0.25, 0.3) is 10.9 Å². The topological polar surface area (TPSA) is 51.3 Å². The van der Waals surface area contributed by atoms with Gasteiger partial charge >= 0.3 is 5.97 Å². The molecule has 3 unspecified atom stereocenters. The highest BCUT2D eigenvalue weighted by Crippen LogP contribution is 2.56. The highest BCUT2D eigenvalue weighted by atomic mass is 16.5. The Kier molecular flexibility index (Phi) is 3.35. The quantitative estimate of drug-likeness (QED) is 0.614. The minimum absolute atomic E-state index is 0.0393. The van der Waals surface area contributed by atoms with E-state index >= 15 is 0 Å². The Bertz CT molecular complexity index is 931. The zero-order valence-electron chi connectivity index (χ0n) is 15.3. The van der Waals surface area contributed by atoms with Crippen molar-refractivity contribution < 1.29 is 14.3 Å². The maximum atomic E-state index is 12.9. The predicted octanol–water partition coefficient (Wildman–Crippen LogP) is 3.42. The molecule has 26 heavy (non-hydrogen) atoms. The Morgan fingerprint density at radius 3 is 2.88 bits per heavy atom. The van der Waals surface area contributed by atoms with Crippen molar-refractivity contribution >= 4 is 22.8 Å². The van der Waals surface area contributed by atoms with Gasteiger partial charge in [-0.25, -0.2) is 0 Å². The van der Waals surface area contributed by atoms with Crippen LogP contribution in [0.4, 0.5) is 0 Å². The molecule has 4 atom stereocenters. The number of fused-ring (bicyclic) bond motifs is 5. The van der Waals surface area contributed by atoms with Crippen LogP contribution in [0, 0.1) is 0 Å². The third-order valence-corrected chi connectivity index (χ3v) is 6.89. The number of ether oxygens (including phenoxy) is 1. The molecule has 0 bridgehead atoms. The SMILES string of the molecule is CC[C@]12CCCN3C(C(=O)OC)C3c3c1n(c1ccccc31)C(=O)CC2. The summed E-state index contributed by atoms with van der Waals surface area (Å²) in [6.07, 6.45) is 4.67. The number of aromatic nitrogens is 1. The Hall–Kier alpha value is -2.14. The van der Waals surface area contributed by atoms with Crippen molar-refractivity contribution in [3.05, 3.63) is 35.5 Å². The molecule has 5 heteroatoms. The third kappa shape index (κ3) is 1.89. The van der Waals surface area contributed by atoms with Crippen LogP contribution in [0.2, 0.25) is 0 Å². The zero-order chi connectivity index (χ0) is 18.1. The van der Waals surface area contributed by atoms with Crippen LogP contribution in [-0.4, -0.2) is 41.0 Å². The van der Waals surface area contributed by atoms with Gasteiger partial charge in [-0.05, 0) is 38.3 Å². The van der Waals surface area contributed by atoms with E-state index in [4.69, 9.17) is 4.74 Å². The summed E-state index contributed by atoms with van der Waals surface area (Å²) in [6, 6.07) is 8.01. The number of para-hydroxylation sites is 1. The lowest BCUT2D eigenvalue weighted by Crippen LogP contribution is -2.38. The number of hydrogen-bond donors (Lipinski definition) is 0. The van der Waals surface area contributed by atoms with E-state index in [1.807, 2.05) is 22.8 Å². The normalized spacial score (nSPS) is 32.4. The molecule has 1 aromatic carbocycles. The van der Waals surface area contributed by atoms with Gasteiger partial charge in [-0.3, -0.25) is 19.1 Å². The van der Waals surface area contributed by atoms with Gasteiger partial charge in [-0.15, -0.1) is 0 Å². The number of methoxy groups -OCH3 is 1. The number of carbonyl (C=O) groups excluding carboxylic acids is 2. The smallest absolute Gasteiger partial charge is 0.325 e. The van der Waals surface area contributed by atoms with Gasteiger partial charge in [0.15, 0.2) is 0 Å². The molecule has 3 aliphatic rings. The summed E-state index contributed by atoms with van der Waals surface area (Å²) >= 11 is 0. The van der Waals surface area contributed by atoms with E-state index in [0.717, 1.165) is 43.1 Å². The molecule has 5 rings (SSSR count). The maximum absolute atomic E-state index is 12.9. The van der Waals surface area contributed by atoms with Crippen LogP contribution >= 0.6 is 0 Å². The standard InChI is InChI=1S/C21H24N2O3/c1-3-21-10-6-12-22-17(18(22)20(25)26-2)16-13-7-4-5-8-14(13)23(19(16)21)15(24)9-11-21/h4-5,7-8,17-18H,3,6,9-12H2,1-2H3/t17?,18?,21-,22?/m1/s1. The Morgan fingerprint density at radius 2 is 2.12 bits per heavy atom. The van der Waals surface area contributed by atoms with E-state index in [-0.39, 0.29) is 29.4 Å². The molecule has 0 amide bonds. The first-order valence-electron chi connectivity index (χ1n) is 9.63. The number of rotatable bonds is 2. The number of carbonyl (C=O) groups is 2. The van der Waals surface area contributed by atoms with Crippen LogP contribution in [0.1, 0.15) is 61.1 Å². The van der Waals surface area contributed by atoms with Crippen molar-refractivity contribution in [2.75, 3.05) is 13.7 Å². The molecule has 2 aromatic rings. The lowest BCUT2D eigenvalue weighted by Gasteiger charge is -2.39. The van der Waals surface area contributed by atoms with Crippen LogP contribution in [0.15, 0.2) is 24.3 Å². The molecule has 5 nitrogen and oxygen atoms in total. The first kappa shape index (κ1) is 16.1. The highest BCUT2D eigenvalue weighted by molar-refractivity contribution is 5.99. The molecule has 1 saturated heterocycles. The molecule has 4 heterocycles. The molecular formula is C21H24N2O3. The summed E-state index contributed by atoms with van der Waals surface area (Å²) in [7, 11) is 1.46. The number of benzene rings is 1. The molecule has 0 radical (unpaired) electrons. The highest BCUT2D eigenvalue weighted by Gasteiger charge is 2.58. The second kappa shape index (κ2) is 5.43. The van der Waals surface area contributed by atoms with Gasteiger partial charge in [0.1, 0.15) is 6.04 Å². The predicted molar refractivity (Wildman–Crippen MR) is 98.3 cm³/mol. The van der Waals surface area contributed by atoms with Crippen LogP contribution in [0.5, 0.6) is 0 Å². The molecule has 136 valence electrons. The summed E-state index contributed by atoms with van der Waals surface area (Å²) < 4.78 is 7.05. The summed E-state index contributed by atoms with van der Waals surface area (Å²) in [6.45, 7) is 3.16. The van der Waals surface area contributed by atoms with Crippen molar-refractivity contribution in [2.24, 2.45) is 0 Å². The summed E-state index contributed by atoms with van der Waals surface area (Å²) in [5.74, 6) is 0.0269. The second-order valence-corrected chi connectivity index (χ2v) is 7.90. The van der Waals surface area contributed by atoms with Gasteiger partial charge in [0.05, 0.1) is 18.7 Å². The van der Waals surface area contributed by atoms with E-state index in [9.17, 15) is 9.59 Å². The van der Waals surface area contributed by atoms with E-state index in [0.29, 0.717) is 6.42 Å². The molecular weight excluding hydrogens is 328 g/mol. The minimum atomic E-state index is -0.208. The van der Waals surface area contributed by atoms with Gasteiger partial charge in [-0.2, -0.15) is 0 Å². The Balaban J connectivity index is 1.83. The van der Waals surface area contributed by atoms with Gasteiger partial charge < -0.3 is 4.74 Å². The lowest BCUT2D eigenvalue weighted by molar-refractivity contribution is -0.140. The van der Waals surface area contributed by atoms with Gasteiger partial charge in [0, 0.05) is 28.5 Å². The minimum Gasteiger partial charge on any atom is -0.468 e. The van der Waals surface area contributed by atoms with Crippen molar-refractivity contribution in [3.8, 4) is 0 Å². The van der Waals surface area contributed by atoms with Gasteiger partial charge in [-0.1, -0.05) is 25.1 Å². The van der Waals surface area contributed by atoms with E-state index in [2.05, 4.69) is 17.9 Å². The van der Waals surface area contributed by atoms with Crippen molar-refractivity contribution in [3.63, 3.8) is 0 Å². The molecule has 0 saturated carbocycles. The first-order chi connectivity index (χ1) is 12.6. The van der Waals surface area contributed by atoms with Crippen LogP contribution < -0.4 is 0 Å². The fourth-order valence-electron chi connectivity index (χ4n) is 5.55. The largest absolute Gasteiger partial charge is 0.468 e. The molecule has 1 aromatic heterocycles. The maximum Gasteiger partial charge on any atom is 0.325 e. The first-order valence-corrected chi connectivity index (χ1v) is 9.63. The van der Waals surface area contributed by atoms with Crippen molar-refractivity contribution in [1.29, 1.82) is 0 Å². The molecule has 0 spiro atoms. The van der Waals surface area contributed by atoms with Crippen LogP contribution in [-0.2, 0) is 14.9 Å². The molecule has 0 aliphatic carbocycles. The number of hydrogen-bond acceptors (Lipinski definition) is 4. The number of esters is 1. The molecule has 3 aliphatic heterocycles. The van der Waals surface area contributed by atoms with E-state index < -0.39 is 0 Å². The molecule has 0 N–H and O–H groups in total. The summed E-state index contributed by atoms with van der Waals surface area (Å²) in [4.78, 5) is 27.5. The fraction of sp³-hybridized carbons (Fsp3) is 0.524. The average Bonchev–Trinajstić information content (AvgIpc) is 3.23. The van der Waals surface area contributed by atoms with Crippen molar-refractivity contribution in [2.45, 2.75) is 56.5 Å². The van der Waals surface area contributed by atoms with Gasteiger partial charge in [0.2, 0.25) is 5.91 Å². The Morgan fingerprint density at radius 1 is 1.31 bits per heavy atom. The Labute approximate surface area is 152 Å². The molecule has 1 fully saturated rings. The van der Waals surface area contributed by atoms with Crippen LogP contribution in [0.3, 0.4) is 0 Å². The summed E-state index contributed by atoms with van der Waals surface area (Å²) in [5, 5.41) is 1.12. The third-order valence-electron chi connectivity index (χ3n) is 6.89. The lowest BCUT2D eigenvalue weighted by atomic mass is 9.70. The van der Waals surface area contributed by atoms with E-state index in [1.165, 1.54) is 18.4 Å². The van der Waals surface area contributed by atoms with Crippen molar-refractivity contribution in [1.82, 2.24) is 9.47 Å². The second-order valence-electron chi connectivity index (χ2n) is 7.90. The number of nitrogens with zero attached hydrogens (tertiary/aromatic N) is 2. The van der Waals surface area contributed by atoms with Gasteiger partial charge in [0.25, 0.3) is 0 Å². The fourth-order valence-corrected chi connectivity index (χ4v) is 5.55. The average molecular weight is 352 g/mol. The monoisotopic (exact) mass is 352 g/mol. The zero-order valence-corrected chi connectivity index (χ0v) is 15.3. The summed E-state index contributed by atoms with van der Waals surface area (Å²) in [5.41, 5.74) is 3.42.